The first-order valence-electron chi connectivity index (χ1n) is 13.0. The number of fused-ring (bicyclic) bond motifs is 4. The molecule has 0 radical (unpaired) electrons. The number of hydrogen-bond donors (Lipinski definition) is 2. The summed E-state index contributed by atoms with van der Waals surface area (Å²) in [6, 6.07) is 0. The summed E-state index contributed by atoms with van der Waals surface area (Å²) in [5, 5.41) is 21.7. The zero-order valence-electron chi connectivity index (χ0n) is 20.5. The minimum atomic E-state index is -0.267. The highest BCUT2D eigenvalue weighted by Crippen LogP contribution is 2.47. The molecule has 2 fully saturated rings. The molecule has 1 aromatic rings. The first kappa shape index (κ1) is 22.4. The van der Waals surface area contributed by atoms with Gasteiger partial charge in [0.05, 0.1) is 0 Å². The van der Waals surface area contributed by atoms with Crippen LogP contribution in [0.25, 0.3) is 6.08 Å². The molecular weight excluding hydrogens is 440 g/mol. The standard InChI is InChI=1S/C29H34N2O4/c1-16-24(28(34)30(26(16)32)10-9-22-13-18-3-5-20(22)11-18)7-8-25-17(2)27(33)31(29(25)35)15-23-14-19-4-6-21(23)12-19/h3-8,18-23,33,35H,9-15H2,1-2H3/b8-7+. The van der Waals surface area contributed by atoms with E-state index in [4.69, 9.17) is 0 Å². The van der Waals surface area contributed by atoms with E-state index in [0.717, 1.165) is 25.7 Å². The van der Waals surface area contributed by atoms with Crippen LogP contribution in [-0.4, -0.2) is 38.0 Å². The number of imide groups is 1. The van der Waals surface area contributed by atoms with Crippen LogP contribution in [0, 0.1) is 42.4 Å². The maximum atomic E-state index is 13.1. The Balaban J connectivity index is 1.16. The van der Waals surface area contributed by atoms with Crippen LogP contribution in [0.1, 0.15) is 50.2 Å². The first-order valence-corrected chi connectivity index (χ1v) is 13.0. The number of amides is 2. The molecule has 0 saturated heterocycles. The SMILES string of the molecule is CC1=C(/C=C/c2c(C)c(O)n(CC3CC4C=CC3C4)c2O)C(=O)N(CCC2CC3C=CC2C3)C1=O. The second kappa shape index (κ2) is 8.28. The first-order chi connectivity index (χ1) is 16.8. The molecule has 6 nitrogen and oxygen atoms in total. The summed E-state index contributed by atoms with van der Waals surface area (Å²) in [5.41, 5.74) is 1.88. The van der Waals surface area contributed by atoms with Gasteiger partial charge < -0.3 is 10.2 Å². The van der Waals surface area contributed by atoms with Gasteiger partial charge in [0.15, 0.2) is 5.88 Å². The molecule has 4 aliphatic carbocycles. The summed E-state index contributed by atoms with van der Waals surface area (Å²) in [7, 11) is 0. The Morgan fingerprint density at radius 2 is 1.51 bits per heavy atom. The van der Waals surface area contributed by atoms with Gasteiger partial charge in [-0.1, -0.05) is 24.3 Å². The third-order valence-electron chi connectivity index (χ3n) is 9.33. The van der Waals surface area contributed by atoms with Crippen molar-refractivity contribution in [3.05, 3.63) is 52.7 Å². The molecule has 4 bridgehead atoms. The van der Waals surface area contributed by atoms with Gasteiger partial charge in [-0.25, -0.2) is 0 Å². The second-order valence-corrected chi connectivity index (χ2v) is 11.3. The maximum absolute atomic E-state index is 13.1. The normalized spacial score (nSPS) is 33.1. The summed E-state index contributed by atoms with van der Waals surface area (Å²) in [6.45, 7) is 4.49. The number of nitrogens with zero attached hydrogens (tertiary/aromatic N) is 2. The van der Waals surface area contributed by atoms with Crippen molar-refractivity contribution >= 4 is 17.9 Å². The third kappa shape index (κ3) is 3.60. The molecule has 1 aromatic heterocycles. The lowest BCUT2D eigenvalue weighted by Crippen LogP contribution is -2.33. The molecular formula is C29H34N2O4. The van der Waals surface area contributed by atoms with Gasteiger partial charge in [0, 0.05) is 35.4 Å². The predicted molar refractivity (Wildman–Crippen MR) is 133 cm³/mol. The molecule has 2 saturated carbocycles. The quantitative estimate of drug-likeness (QED) is 0.443. The minimum absolute atomic E-state index is 0.0132. The van der Waals surface area contributed by atoms with Crippen molar-refractivity contribution in [1.29, 1.82) is 0 Å². The number of hydrogen-bond acceptors (Lipinski definition) is 4. The molecule has 184 valence electrons. The van der Waals surface area contributed by atoms with Gasteiger partial charge in [0.25, 0.3) is 11.8 Å². The van der Waals surface area contributed by atoms with E-state index in [1.165, 1.54) is 11.3 Å². The van der Waals surface area contributed by atoms with E-state index < -0.39 is 0 Å². The Kier molecular flexibility index (Phi) is 5.31. The molecule has 2 amide bonds. The fourth-order valence-corrected chi connectivity index (χ4v) is 7.25. The van der Waals surface area contributed by atoms with Crippen LogP contribution < -0.4 is 0 Å². The number of allylic oxidation sites excluding steroid dienone is 4. The number of aromatic nitrogens is 1. The second-order valence-electron chi connectivity index (χ2n) is 11.3. The fraction of sp³-hybridized carbons (Fsp3) is 0.517. The number of carbonyl (C=O) groups is 2. The van der Waals surface area contributed by atoms with E-state index in [0.29, 0.717) is 70.9 Å². The summed E-state index contributed by atoms with van der Waals surface area (Å²) in [5.74, 6) is 2.95. The third-order valence-corrected chi connectivity index (χ3v) is 9.33. The zero-order chi connectivity index (χ0) is 24.4. The molecule has 2 N–H and O–H groups in total. The molecule has 6 unspecified atom stereocenters. The van der Waals surface area contributed by atoms with Crippen LogP contribution >= 0.6 is 0 Å². The molecule has 0 aromatic carbocycles. The van der Waals surface area contributed by atoms with Gasteiger partial charge in [-0.2, -0.15) is 0 Å². The Bertz CT molecular complexity index is 1220. The smallest absolute Gasteiger partial charge is 0.261 e. The van der Waals surface area contributed by atoms with Gasteiger partial charge in [0.2, 0.25) is 5.88 Å². The van der Waals surface area contributed by atoms with Crippen LogP contribution in [0.3, 0.4) is 0 Å². The highest BCUT2D eigenvalue weighted by Gasteiger charge is 2.39. The van der Waals surface area contributed by atoms with Crippen LogP contribution in [0.15, 0.2) is 41.5 Å². The average molecular weight is 475 g/mol. The van der Waals surface area contributed by atoms with Gasteiger partial charge in [-0.15, -0.1) is 0 Å². The lowest BCUT2D eigenvalue weighted by Gasteiger charge is -2.21. The highest BCUT2D eigenvalue weighted by atomic mass is 16.3. The van der Waals surface area contributed by atoms with Gasteiger partial charge in [-0.05, 0) is 93.6 Å². The summed E-state index contributed by atoms with van der Waals surface area (Å²) in [4.78, 5) is 27.3. The summed E-state index contributed by atoms with van der Waals surface area (Å²) in [6.07, 6.45) is 17.9. The van der Waals surface area contributed by atoms with Gasteiger partial charge in [-0.3, -0.25) is 19.1 Å². The van der Waals surface area contributed by atoms with Crippen molar-refractivity contribution in [3.63, 3.8) is 0 Å². The van der Waals surface area contributed by atoms with E-state index in [1.54, 1.807) is 30.6 Å². The van der Waals surface area contributed by atoms with Crippen molar-refractivity contribution in [2.24, 2.45) is 35.5 Å². The van der Waals surface area contributed by atoms with E-state index in [-0.39, 0.29) is 23.6 Å². The zero-order valence-corrected chi connectivity index (χ0v) is 20.5. The van der Waals surface area contributed by atoms with Crippen molar-refractivity contribution in [3.8, 4) is 11.8 Å². The van der Waals surface area contributed by atoms with E-state index in [1.807, 2.05) is 0 Å². The number of carbonyl (C=O) groups excluding carboxylic acids is 2. The lowest BCUT2D eigenvalue weighted by atomic mass is 9.90. The summed E-state index contributed by atoms with van der Waals surface area (Å²) < 4.78 is 1.59. The Hall–Kier alpha value is -3.02. The minimum Gasteiger partial charge on any atom is -0.494 e. The number of rotatable bonds is 7. The predicted octanol–water partition coefficient (Wildman–Crippen LogP) is 4.72. The Morgan fingerprint density at radius 3 is 2.11 bits per heavy atom. The largest absolute Gasteiger partial charge is 0.494 e. The fourth-order valence-electron chi connectivity index (χ4n) is 7.25. The molecule has 6 heteroatoms. The molecule has 5 aliphatic rings. The summed E-state index contributed by atoms with van der Waals surface area (Å²) >= 11 is 0. The topological polar surface area (TPSA) is 82.8 Å². The molecule has 6 rings (SSSR count). The molecule has 1 aliphatic heterocycles. The van der Waals surface area contributed by atoms with Crippen molar-refractivity contribution in [1.82, 2.24) is 9.47 Å². The Labute approximate surface area is 206 Å². The number of aromatic hydroxyl groups is 2. The molecule has 6 atom stereocenters. The van der Waals surface area contributed by atoms with Crippen LogP contribution in [0.4, 0.5) is 0 Å². The lowest BCUT2D eigenvalue weighted by molar-refractivity contribution is -0.137. The Morgan fingerprint density at radius 1 is 0.857 bits per heavy atom. The van der Waals surface area contributed by atoms with E-state index in [2.05, 4.69) is 24.3 Å². The van der Waals surface area contributed by atoms with Crippen LogP contribution in [-0.2, 0) is 16.1 Å². The van der Waals surface area contributed by atoms with Crippen molar-refractivity contribution < 1.29 is 19.8 Å². The van der Waals surface area contributed by atoms with Crippen molar-refractivity contribution in [2.75, 3.05) is 6.54 Å². The van der Waals surface area contributed by atoms with E-state index >= 15 is 0 Å². The molecule has 35 heavy (non-hydrogen) atoms. The average Bonchev–Trinajstić information content (AvgIpc) is 3.68. The molecule has 2 heterocycles. The molecule has 0 spiro atoms. The maximum Gasteiger partial charge on any atom is 0.261 e. The van der Waals surface area contributed by atoms with E-state index in [9.17, 15) is 19.8 Å². The van der Waals surface area contributed by atoms with Crippen molar-refractivity contribution in [2.45, 2.75) is 52.5 Å². The highest BCUT2D eigenvalue weighted by molar-refractivity contribution is 6.20. The monoisotopic (exact) mass is 474 g/mol. The van der Waals surface area contributed by atoms with Gasteiger partial charge in [0.1, 0.15) is 0 Å². The van der Waals surface area contributed by atoms with Gasteiger partial charge >= 0.3 is 0 Å². The van der Waals surface area contributed by atoms with Crippen LogP contribution in [0.5, 0.6) is 11.8 Å². The van der Waals surface area contributed by atoms with Crippen LogP contribution in [0.2, 0.25) is 0 Å².